The molecule has 1 aliphatic rings. The molecule has 1 N–H and O–H groups in total. The molecule has 18 heavy (non-hydrogen) atoms. The van der Waals surface area contributed by atoms with Gasteiger partial charge in [0.05, 0.1) is 6.61 Å². The lowest BCUT2D eigenvalue weighted by Crippen LogP contribution is -2.03. The van der Waals surface area contributed by atoms with E-state index in [9.17, 15) is 5.11 Å². The lowest BCUT2D eigenvalue weighted by Gasteiger charge is -2.12. The Hall–Kier alpha value is -1.10. The van der Waals surface area contributed by atoms with Crippen molar-refractivity contribution in [2.24, 2.45) is 0 Å². The Kier molecular flexibility index (Phi) is 3.24. The maximum Gasteiger partial charge on any atom is 0.126 e. The smallest absolute Gasteiger partial charge is 0.126 e. The minimum absolute atomic E-state index is 0.483. The van der Waals surface area contributed by atoms with Crippen LogP contribution < -0.4 is 4.74 Å². The molecule has 0 radical (unpaired) electrons. The second kappa shape index (κ2) is 4.88. The number of aliphatic hydroxyl groups is 1. The number of halogens is 1. The van der Waals surface area contributed by atoms with Crippen LogP contribution in [0.25, 0.3) is 0 Å². The second-order valence-corrected chi connectivity index (χ2v) is 5.60. The number of fused-ring (bicyclic) bond motifs is 1. The minimum Gasteiger partial charge on any atom is -0.493 e. The third-order valence-electron chi connectivity index (χ3n) is 2.98. The van der Waals surface area contributed by atoms with Crippen molar-refractivity contribution in [3.05, 3.63) is 44.9 Å². The topological polar surface area (TPSA) is 42.4 Å². The Bertz CT molecular complexity index is 556. The fourth-order valence-corrected chi connectivity index (χ4v) is 3.08. The van der Waals surface area contributed by atoms with Crippen molar-refractivity contribution in [3.63, 3.8) is 0 Å². The fraction of sp³-hybridized carbons (Fsp3) is 0.308. The number of benzene rings is 1. The van der Waals surface area contributed by atoms with Gasteiger partial charge in [-0.2, -0.15) is 0 Å². The summed E-state index contributed by atoms with van der Waals surface area (Å²) in [6, 6.07) is 3.80. The van der Waals surface area contributed by atoms with Gasteiger partial charge in [-0.3, -0.25) is 0 Å². The van der Waals surface area contributed by atoms with E-state index in [1.807, 2.05) is 17.5 Å². The molecular weight excluding hydrogens is 270 g/mol. The van der Waals surface area contributed by atoms with Crippen LogP contribution >= 0.6 is 22.9 Å². The van der Waals surface area contributed by atoms with E-state index in [1.165, 1.54) is 11.3 Å². The van der Waals surface area contributed by atoms with E-state index in [1.54, 1.807) is 6.20 Å². The molecular formula is C13H12ClNO2S. The van der Waals surface area contributed by atoms with Crippen LogP contribution in [0, 0.1) is 0 Å². The minimum atomic E-state index is -0.600. The van der Waals surface area contributed by atoms with E-state index in [2.05, 4.69) is 4.98 Å². The molecule has 0 aliphatic carbocycles. The van der Waals surface area contributed by atoms with E-state index in [0.717, 1.165) is 28.3 Å². The van der Waals surface area contributed by atoms with Gasteiger partial charge in [-0.25, -0.2) is 4.98 Å². The Morgan fingerprint density at radius 2 is 2.39 bits per heavy atom. The number of ether oxygens (including phenoxy) is 1. The molecule has 1 aliphatic heterocycles. The average molecular weight is 282 g/mol. The van der Waals surface area contributed by atoms with Gasteiger partial charge in [-0.05, 0) is 23.3 Å². The van der Waals surface area contributed by atoms with Gasteiger partial charge in [0.25, 0.3) is 0 Å². The molecule has 3 rings (SSSR count). The molecule has 1 unspecified atom stereocenters. The van der Waals surface area contributed by atoms with Crippen LogP contribution in [0.15, 0.2) is 23.7 Å². The van der Waals surface area contributed by atoms with Crippen LogP contribution in [0.5, 0.6) is 5.75 Å². The van der Waals surface area contributed by atoms with Crippen LogP contribution in [0.2, 0.25) is 5.02 Å². The van der Waals surface area contributed by atoms with E-state index >= 15 is 0 Å². The SMILES string of the molecule is OC(Cc1cc(Cl)cc2c1OCC2)c1nccs1. The van der Waals surface area contributed by atoms with Crippen molar-refractivity contribution >= 4 is 22.9 Å². The molecule has 2 heterocycles. The number of aromatic nitrogens is 1. The van der Waals surface area contributed by atoms with Crippen LogP contribution in [0.3, 0.4) is 0 Å². The maximum atomic E-state index is 10.1. The van der Waals surface area contributed by atoms with Crippen molar-refractivity contribution in [2.45, 2.75) is 18.9 Å². The molecule has 2 aromatic rings. The van der Waals surface area contributed by atoms with Crippen LogP contribution in [-0.4, -0.2) is 16.7 Å². The molecule has 5 heteroatoms. The monoisotopic (exact) mass is 281 g/mol. The molecule has 0 fully saturated rings. The normalized spacial score (nSPS) is 15.2. The molecule has 3 nitrogen and oxygen atoms in total. The summed E-state index contributed by atoms with van der Waals surface area (Å²) in [5, 5.41) is 13.4. The summed E-state index contributed by atoms with van der Waals surface area (Å²) in [5.41, 5.74) is 2.08. The molecule has 1 aromatic heterocycles. The Balaban J connectivity index is 1.89. The van der Waals surface area contributed by atoms with Crippen molar-refractivity contribution in [1.82, 2.24) is 4.98 Å². The van der Waals surface area contributed by atoms with Crippen molar-refractivity contribution in [2.75, 3.05) is 6.61 Å². The van der Waals surface area contributed by atoms with Gasteiger partial charge in [0.1, 0.15) is 16.9 Å². The molecule has 0 spiro atoms. The Labute approximate surface area is 114 Å². The summed E-state index contributed by atoms with van der Waals surface area (Å²) in [6.07, 6.45) is 2.46. The van der Waals surface area contributed by atoms with E-state index in [0.29, 0.717) is 18.1 Å². The maximum absolute atomic E-state index is 10.1. The largest absolute Gasteiger partial charge is 0.493 e. The molecule has 1 atom stereocenters. The summed E-state index contributed by atoms with van der Waals surface area (Å²) in [5.74, 6) is 0.884. The van der Waals surface area contributed by atoms with Gasteiger partial charge in [-0.1, -0.05) is 11.6 Å². The summed E-state index contributed by atoms with van der Waals surface area (Å²) in [4.78, 5) is 4.12. The number of rotatable bonds is 3. The highest BCUT2D eigenvalue weighted by Gasteiger charge is 2.20. The predicted octanol–water partition coefficient (Wildman–Crippen LogP) is 3.01. The summed E-state index contributed by atoms with van der Waals surface area (Å²) in [6.45, 7) is 0.690. The number of aliphatic hydroxyl groups excluding tert-OH is 1. The highest BCUT2D eigenvalue weighted by molar-refractivity contribution is 7.09. The van der Waals surface area contributed by atoms with Gasteiger partial charge in [-0.15, -0.1) is 11.3 Å². The third kappa shape index (κ3) is 2.23. The molecule has 0 saturated heterocycles. The Morgan fingerprint density at radius 3 is 3.17 bits per heavy atom. The van der Waals surface area contributed by atoms with E-state index < -0.39 is 6.10 Å². The van der Waals surface area contributed by atoms with Gasteiger partial charge in [0, 0.05) is 29.4 Å². The van der Waals surface area contributed by atoms with Gasteiger partial charge in [0.2, 0.25) is 0 Å². The molecule has 0 saturated carbocycles. The zero-order chi connectivity index (χ0) is 12.5. The Morgan fingerprint density at radius 1 is 1.50 bits per heavy atom. The average Bonchev–Trinajstić information content (AvgIpc) is 2.98. The molecule has 0 bridgehead atoms. The predicted molar refractivity (Wildman–Crippen MR) is 71.4 cm³/mol. The zero-order valence-electron chi connectivity index (χ0n) is 9.60. The van der Waals surface area contributed by atoms with Gasteiger partial charge >= 0.3 is 0 Å². The lowest BCUT2D eigenvalue weighted by molar-refractivity contribution is 0.176. The summed E-state index contributed by atoms with van der Waals surface area (Å²) < 4.78 is 5.62. The first-order valence-corrected chi connectivity index (χ1v) is 7.01. The first kappa shape index (κ1) is 12.0. The summed E-state index contributed by atoms with van der Waals surface area (Å²) in [7, 11) is 0. The molecule has 0 amide bonds. The van der Waals surface area contributed by atoms with E-state index in [4.69, 9.17) is 16.3 Å². The number of nitrogens with zero attached hydrogens (tertiary/aromatic N) is 1. The summed E-state index contributed by atoms with van der Waals surface area (Å²) >= 11 is 7.54. The standard InChI is InChI=1S/C13H12ClNO2S/c14-10-5-8-1-3-17-12(8)9(6-10)7-11(16)13-15-2-4-18-13/h2,4-6,11,16H,1,3,7H2. The first-order valence-electron chi connectivity index (χ1n) is 5.75. The van der Waals surface area contributed by atoms with Crippen LogP contribution in [-0.2, 0) is 12.8 Å². The third-order valence-corrected chi connectivity index (χ3v) is 4.07. The highest BCUT2D eigenvalue weighted by Crippen LogP contribution is 2.35. The molecule has 1 aromatic carbocycles. The number of thiazole rings is 1. The molecule has 94 valence electrons. The number of hydrogen-bond acceptors (Lipinski definition) is 4. The van der Waals surface area contributed by atoms with Crippen molar-refractivity contribution < 1.29 is 9.84 Å². The van der Waals surface area contributed by atoms with E-state index in [-0.39, 0.29) is 0 Å². The lowest BCUT2D eigenvalue weighted by atomic mass is 10.0. The second-order valence-electron chi connectivity index (χ2n) is 4.24. The first-order chi connectivity index (χ1) is 8.74. The van der Waals surface area contributed by atoms with Gasteiger partial charge < -0.3 is 9.84 Å². The van der Waals surface area contributed by atoms with Crippen molar-refractivity contribution in [1.29, 1.82) is 0 Å². The quantitative estimate of drug-likeness (QED) is 0.940. The highest BCUT2D eigenvalue weighted by atomic mass is 35.5. The number of hydrogen-bond donors (Lipinski definition) is 1. The van der Waals surface area contributed by atoms with Crippen molar-refractivity contribution in [3.8, 4) is 5.75 Å². The van der Waals surface area contributed by atoms with Crippen LogP contribution in [0.4, 0.5) is 0 Å². The van der Waals surface area contributed by atoms with Gasteiger partial charge in [0.15, 0.2) is 0 Å². The zero-order valence-corrected chi connectivity index (χ0v) is 11.2. The van der Waals surface area contributed by atoms with Crippen LogP contribution in [0.1, 0.15) is 22.2 Å². The fourth-order valence-electron chi connectivity index (χ4n) is 2.19.